The number of carboxylic acids is 1. The van der Waals surface area contributed by atoms with Crippen LogP contribution in [0.1, 0.15) is 86.2 Å². The Labute approximate surface area is 277 Å². The number of benzene rings is 3. The maximum atomic E-state index is 12.9. The van der Waals surface area contributed by atoms with E-state index in [4.69, 9.17) is 14.6 Å². The van der Waals surface area contributed by atoms with E-state index in [0.29, 0.717) is 50.8 Å². The van der Waals surface area contributed by atoms with Crippen molar-refractivity contribution in [3.63, 3.8) is 0 Å². The molecule has 0 unspecified atom stereocenters. The molecule has 1 aliphatic carbocycles. The summed E-state index contributed by atoms with van der Waals surface area (Å²) in [6.45, 7) is 11.6. The molecule has 0 spiro atoms. The second kappa shape index (κ2) is 15.2. The van der Waals surface area contributed by atoms with Crippen molar-refractivity contribution in [2.75, 3.05) is 26.3 Å². The molecule has 0 radical (unpaired) electrons. The highest BCUT2D eigenvalue weighted by atomic mass is 16.5. The SMILES string of the molecule is CCNCC.CCn1nc2c(c1C1CC1)-c1cccc3c(CCCOc4cccc5ccccc45)c(C(=O)O)n(c13)CCCCOC2. The summed E-state index contributed by atoms with van der Waals surface area (Å²) in [7, 11) is 0. The quantitative estimate of drug-likeness (QED) is 0.150. The number of rotatable bonds is 10. The van der Waals surface area contributed by atoms with Crippen molar-refractivity contribution in [3.8, 4) is 16.9 Å². The summed E-state index contributed by atoms with van der Waals surface area (Å²) in [5, 5.41) is 22.0. The molecular weight excluding hydrogens is 588 g/mol. The fourth-order valence-electron chi connectivity index (χ4n) is 6.98. The number of ether oxygens (including phenoxy) is 2. The predicted octanol–water partition coefficient (Wildman–Crippen LogP) is 8.19. The third kappa shape index (κ3) is 6.94. The lowest BCUT2D eigenvalue weighted by atomic mass is 9.96. The van der Waals surface area contributed by atoms with Crippen LogP contribution >= 0.6 is 0 Å². The van der Waals surface area contributed by atoms with E-state index in [9.17, 15) is 9.90 Å². The van der Waals surface area contributed by atoms with Crippen LogP contribution < -0.4 is 10.1 Å². The average molecular weight is 637 g/mol. The lowest BCUT2D eigenvalue weighted by molar-refractivity contribution is 0.0683. The molecular formula is C39H48N4O4. The Balaban J connectivity index is 0.000000720. The standard InChI is InChI=1S/C35H37N3O4.C4H11N/c1-2-38-32(24-17-18-24)31-28-14-8-13-26-27(15-9-21-42-30-16-7-11-23-10-3-4-12-25(23)30)34(35(39)40)37(33(26)28)19-5-6-20-41-22-29(31)36-38;1-3-5-4-2/h3-4,7-8,10-14,16,24H,2,5-6,9,15,17-22H2,1H3,(H,39,40);5H,3-4H2,1-2H3. The zero-order valence-corrected chi connectivity index (χ0v) is 28.1. The van der Waals surface area contributed by atoms with Crippen molar-refractivity contribution in [2.24, 2.45) is 0 Å². The second-order valence-corrected chi connectivity index (χ2v) is 12.4. The molecule has 0 atom stereocenters. The lowest BCUT2D eigenvalue weighted by Gasteiger charge is -2.13. The van der Waals surface area contributed by atoms with Crippen LogP contribution in [0.15, 0.2) is 60.7 Å². The van der Waals surface area contributed by atoms with Gasteiger partial charge in [-0.25, -0.2) is 4.79 Å². The van der Waals surface area contributed by atoms with Crippen LogP contribution in [0.2, 0.25) is 0 Å². The lowest BCUT2D eigenvalue weighted by Crippen LogP contribution is -2.12. The van der Waals surface area contributed by atoms with Crippen LogP contribution in [-0.2, 0) is 30.9 Å². The van der Waals surface area contributed by atoms with Gasteiger partial charge in [-0.2, -0.15) is 5.10 Å². The largest absolute Gasteiger partial charge is 0.493 e. The Hall–Kier alpha value is -4.14. The van der Waals surface area contributed by atoms with Gasteiger partial charge in [-0.3, -0.25) is 4.68 Å². The number of hydrogen-bond acceptors (Lipinski definition) is 5. The molecule has 5 aromatic rings. The summed E-state index contributed by atoms with van der Waals surface area (Å²) in [5.74, 6) is 0.482. The molecule has 8 heteroatoms. The van der Waals surface area contributed by atoms with Crippen LogP contribution in [-0.4, -0.2) is 51.7 Å². The van der Waals surface area contributed by atoms with Gasteiger partial charge in [-0.1, -0.05) is 68.4 Å². The van der Waals surface area contributed by atoms with Crippen molar-refractivity contribution in [2.45, 2.75) is 84.9 Å². The smallest absolute Gasteiger partial charge is 0.352 e. The second-order valence-electron chi connectivity index (χ2n) is 12.4. The van der Waals surface area contributed by atoms with Crippen molar-refractivity contribution in [1.29, 1.82) is 0 Å². The van der Waals surface area contributed by atoms with E-state index < -0.39 is 5.97 Å². The Morgan fingerprint density at radius 3 is 2.51 bits per heavy atom. The van der Waals surface area contributed by atoms with E-state index in [1.54, 1.807) is 0 Å². The number of nitrogens with zero attached hydrogens (tertiary/aromatic N) is 3. The third-order valence-corrected chi connectivity index (χ3v) is 9.22. The first-order valence-electron chi connectivity index (χ1n) is 17.4. The summed E-state index contributed by atoms with van der Waals surface area (Å²) in [6.07, 6.45) is 5.39. The molecule has 3 heterocycles. The molecule has 1 aliphatic heterocycles. The maximum Gasteiger partial charge on any atom is 0.352 e. The van der Waals surface area contributed by atoms with Gasteiger partial charge in [0, 0.05) is 53.2 Å². The Morgan fingerprint density at radius 2 is 1.77 bits per heavy atom. The van der Waals surface area contributed by atoms with Crippen LogP contribution in [0.3, 0.4) is 0 Å². The Kier molecular flexibility index (Phi) is 10.6. The molecule has 2 aromatic heterocycles. The van der Waals surface area contributed by atoms with Crippen LogP contribution in [0.5, 0.6) is 5.75 Å². The van der Waals surface area contributed by atoms with Gasteiger partial charge < -0.3 is 24.5 Å². The molecule has 248 valence electrons. The van der Waals surface area contributed by atoms with Gasteiger partial charge in [0.25, 0.3) is 0 Å². The molecule has 8 nitrogen and oxygen atoms in total. The summed E-state index contributed by atoms with van der Waals surface area (Å²) in [5.41, 5.74) is 6.77. The number of para-hydroxylation sites is 1. The molecule has 2 aliphatic rings. The number of aromatic carboxylic acids is 1. The van der Waals surface area contributed by atoms with E-state index >= 15 is 0 Å². The van der Waals surface area contributed by atoms with E-state index in [1.165, 1.54) is 5.69 Å². The third-order valence-electron chi connectivity index (χ3n) is 9.22. The molecule has 3 aromatic carbocycles. The van der Waals surface area contributed by atoms with Gasteiger partial charge >= 0.3 is 5.97 Å². The molecule has 1 fully saturated rings. The van der Waals surface area contributed by atoms with Gasteiger partial charge in [-0.15, -0.1) is 0 Å². The van der Waals surface area contributed by atoms with E-state index in [-0.39, 0.29) is 0 Å². The van der Waals surface area contributed by atoms with Gasteiger partial charge in [0.05, 0.1) is 24.4 Å². The number of nitrogens with one attached hydrogen (secondary N) is 1. The number of carboxylic acid groups (broad SMARTS) is 1. The fourth-order valence-corrected chi connectivity index (χ4v) is 6.98. The van der Waals surface area contributed by atoms with Crippen LogP contribution in [0.4, 0.5) is 0 Å². The number of aryl methyl sites for hydroxylation is 3. The average Bonchev–Trinajstić information content (AvgIpc) is 3.79. The van der Waals surface area contributed by atoms with E-state index in [0.717, 1.165) is 95.1 Å². The molecule has 0 saturated heterocycles. The number of fused-ring (bicyclic) bond motifs is 3. The summed E-state index contributed by atoms with van der Waals surface area (Å²) >= 11 is 0. The van der Waals surface area contributed by atoms with Crippen molar-refractivity contribution >= 4 is 27.6 Å². The normalized spacial score (nSPS) is 14.7. The van der Waals surface area contributed by atoms with E-state index in [2.05, 4.69) is 71.7 Å². The number of aromatic nitrogens is 3. The molecule has 0 amide bonds. The maximum absolute atomic E-state index is 12.9. The molecule has 47 heavy (non-hydrogen) atoms. The molecule has 1 saturated carbocycles. The van der Waals surface area contributed by atoms with Gasteiger partial charge in [0.15, 0.2) is 0 Å². The number of carbonyl (C=O) groups is 1. The van der Waals surface area contributed by atoms with Gasteiger partial charge in [0.1, 0.15) is 11.4 Å². The summed E-state index contributed by atoms with van der Waals surface area (Å²) < 4.78 is 16.6. The minimum Gasteiger partial charge on any atom is -0.493 e. The van der Waals surface area contributed by atoms with Crippen molar-refractivity contribution < 1.29 is 19.4 Å². The van der Waals surface area contributed by atoms with Crippen molar-refractivity contribution in [3.05, 3.63) is 83.3 Å². The first-order chi connectivity index (χ1) is 23.1. The molecule has 2 N–H and O–H groups in total. The molecule has 0 bridgehead atoms. The first kappa shape index (κ1) is 32.8. The highest BCUT2D eigenvalue weighted by Gasteiger charge is 2.34. The van der Waals surface area contributed by atoms with Crippen LogP contribution in [0, 0.1) is 0 Å². The minimum absolute atomic E-state index is 0.403. The molecule has 7 rings (SSSR count). The highest BCUT2D eigenvalue weighted by Crippen LogP contribution is 2.48. The monoisotopic (exact) mass is 636 g/mol. The zero-order valence-electron chi connectivity index (χ0n) is 28.1. The first-order valence-corrected chi connectivity index (χ1v) is 17.4. The minimum atomic E-state index is -0.875. The van der Waals surface area contributed by atoms with Gasteiger partial charge in [0.2, 0.25) is 0 Å². The summed E-state index contributed by atoms with van der Waals surface area (Å²) in [4.78, 5) is 12.9. The Morgan fingerprint density at radius 1 is 1.00 bits per heavy atom. The predicted molar refractivity (Wildman–Crippen MR) is 189 cm³/mol. The van der Waals surface area contributed by atoms with Crippen molar-refractivity contribution in [1.82, 2.24) is 19.7 Å². The Bertz CT molecular complexity index is 1830. The fraction of sp³-hybridized carbons (Fsp3) is 0.436. The van der Waals surface area contributed by atoms with E-state index in [1.807, 2.05) is 24.3 Å². The zero-order chi connectivity index (χ0) is 32.8. The topological polar surface area (TPSA) is 90.5 Å². The highest BCUT2D eigenvalue weighted by molar-refractivity contribution is 6.04. The summed E-state index contributed by atoms with van der Waals surface area (Å²) in [6, 6.07) is 20.6. The number of hydrogen-bond donors (Lipinski definition) is 2. The van der Waals surface area contributed by atoms with Crippen LogP contribution in [0.25, 0.3) is 32.8 Å². The van der Waals surface area contributed by atoms with Gasteiger partial charge in [-0.05, 0) is 75.6 Å².